The molecule has 1 fully saturated rings. The second kappa shape index (κ2) is 7.71. The maximum absolute atomic E-state index is 11.4. The summed E-state index contributed by atoms with van der Waals surface area (Å²) in [6.07, 6.45) is -2.77. The van der Waals surface area contributed by atoms with E-state index in [1.165, 1.54) is 31.8 Å². The molecule has 2 rings (SSSR count). The second-order valence-corrected chi connectivity index (χ2v) is 5.18. The molecule has 1 aromatic rings. The van der Waals surface area contributed by atoms with Gasteiger partial charge in [0.25, 0.3) is 5.82 Å². The van der Waals surface area contributed by atoms with Crippen LogP contribution in [-0.2, 0) is 33.3 Å². The van der Waals surface area contributed by atoms with Gasteiger partial charge in [-0.1, -0.05) is 0 Å². The lowest BCUT2D eigenvalue weighted by Gasteiger charge is -2.23. The summed E-state index contributed by atoms with van der Waals surface area (Å²) in [5.74, 6) is -1.93. The average molecular weight is 352 g/mol. The number of carbonyl (C=O) groups excluding carboxylic acids is 3. The molecule has 0 N–H and O–H groups in total. The van der Waals surface area contributed by atoms with Crippen LogP contribution in [0.3, 0.4) is 0 Å². The molecule has 1 aliphatic rings. The monoisotopic (exact) mass is 352 g/mol. The Morgan fingerprint density at radius 2 is 1.84 bits per heavy atom. The van der Waals surface area contributed by atoms with Gasteiger partial charge < -0.3 is 18.9 Å². The first kappa shape index (κ1) is 18.3. The first-order valence-electron chi connectivity index (χ1n) is 7.26. The molecule has 0 radical (unpaired) electrons. The minimum Gasteiger partial charge on any atom is -0.463 e. The van der Waals surface area contributed by atoms with Crippen LogP contribution in [0.2, 0.25) is 0 Å². The zero-order chi connectivity index (χ0) is 18.6. The van der Waals surface area contributed by atoms with Crippen molar-refractivity contribution in [1.82, 2.24) is 14.8 Å². The van der Waals surface area contributed by atoms with Gasteiger partial charge in [0.15, 0.2) is 18.4 Å². The van der Waals surface area contributed by atoms with Gasteiger partial charge in [-0.05, 0) is 0 Å². The van der Waals surface area contributed by atoms with Crippen LogP contribution in [0, 0.1) is 11.3 Å². The van der Waals surface area contributed by atoms with Crippen molar-refractivity contribution in [2.75, 3.05) is 6.61 Å². The molecule has 0 aliphatic carbocycles. The summed E-state index contributed by atoms with van der Waals surface area (Å²) in [5.41, 5.74) is 0. The van der Waals surface area contributed by atoms with Crippen LogP contribution in [0.1, 0.15) is 32.8 Å². The molecule has 0 aromatic carbocycles. The third kappa shape index (κ3) is 4.51. The summed E-state index contributed by atoms with van der Waals surface area (Å²) in [7, 11) is 0. The van der Waals surface area contributed by atoms with Gasteiger partial charge in [0, 0.05) is 20.8 Å². The molecule has 2 heterocycles. The third-order valence-electron chi connectivity index (χ3n) is 3.21. The Bertz CT molecular complexity index is 710. The number of rotatable bonds is 5. The molecule has 1 aromatic heterocycles. The van der Waals surface area contributed by atoms with Crippen molar-refractivity contribution in [3.05, 3.63) is 12.2 Å². The number of esters is 3. The van der Waals surface area contributed by atoms with Crippen LogP contribution in [0.5, 0.6) is 0 Å². The highest BCUT2D eigenvalue weighted by Crippen LogP contribution is 2.33. The van der Waals surface area contributed by atoms with E-state index in [1.807, 2.05) is 0 Å². The van der Waals surface area contributed by atoms with Crippen molar-refractivity contribution in [2.24, 2.45) is 0 Å². The summed E-state index contributed by atoms with van der Waals surface area (Å²) in [6.45, 7) is 3.36. The molecule has 1 aliphatic heterocycles. The molecule has 11 nitrogen and oxygen atoms in total. The lowest BCUT2D eigenvalue weighted by Crippen LogP contribution is -2.40. The highest BCUT2D eigenvalue weighted by atomic mass is 16.7. The minimum absolute atomic E-state index is 0.113. The number of nitriles is 1. The SMILES string of the molecule is CC(=O)OCC1OC(n2cnc(C#N)n2)C(OC(C)=O)C1OC(C)=O. The van der Waals surface area contributed by atoms with E-state index in [9.17, 15) is 14.4 Å². The summed E-state index contributed by atoms with van der Waals surface area (Å²) in [6, 6.07) is 1.76. The van der Waals surface area contributed by atoms with Gasteiger partial charge in [-0.25, -0.2) is 9.67 Å². The second-order valence-electron chi connectivity index (χ2n) is 5.18. The highest BCUT2D eigenvalue weighted by Gasteiger charge is 2.51. The van der Waals surface area contributed by atoms with Gasteiger partial charge in [-0.2, -0.15) is 5.26 Å². The van der Waals surface area contributed by atoms with Crippen LogP contribution in [-0.4, -0.2) is 57.6 Å². The molecule has 0 bridgehead atoms. The molecular weight excluding hydrogens is 336 g/mol. The molecule has 0 amide bonds. The van der Waals surface area contributed by atoms with Crippen molar-refractivity contribution in [2.45, 2.75) is 45.3 Å². The Labute approximate surface area is 142 Å². The molecule has 25 heavy (non-hydrogen) atoms. The zero-order valence-corrected chi connectivity index (χ0v) is 13.7. The van der Waals surface area contributed by atoms with Crippen molar-refractivity contribution >= 4 is 17.9 Å². The van der Waals surface area contributed by atoms with E-state index in [-0.39, 0.29) is 12.4 Å². The minimum atomic E-state index is -1.06. The standard InChI is InChI=1S/C14H16N4O7/c1-7(19)22-5-10-12(23-8(2)20)13(24-9(3)21)14(25-10)18-6-16-11(4-15)17-18/h6,10,12-14H,5H2,1-3H3. The normalized spacial score (nSPS) is 25.0. The van der Waals surface area contributed by atoms with E-state index in [4.69, 9.17) is 24.2 Å². The predicted octanol–water partition coefficient (Wildman–Crippen LogP) is -0.526. The fourth-order valence-corrected chi connectivity index (χ4v) is 2.35. The van der Waals surface area contributed by atoms with Crippen LogP contribution in [0.4, 0.5) is 0 Å². The summed E-state index contributed by atoms with van der Waals surface area (Å²) in [4.78, 5) is 37.6. The van der Waals surface area contributed by atoms with Crippen molar-refractivity contribution in [3.63, 3.8) is 0 Å². The fourth-order valence-electron chi connectivity index (χ4n) is 2.35. The topological polar surface area (TPSA) is 143 Å². The van der Waals surface area contributed by atoms with Crippen molar-refractivity contribution < 1.29 is 33.3 Å². The zero-order valence-electron chi connectivity index (χ0n) is 13.7. The predicted molar refractivity (Wildman–Crippen MR) is 76.4 cm³/mol. The van der Waals surface area contributed by atoms with Gasteiger partial charge in [0.05, 0.1) is 0 Å². The van der Waals surface area contributed by atoms with Gasteiger partial charge in [0.1, 0.15) is 25.1 Å². The highest BCUT2D eigenvalue weighted by molar-refractivity contribution is 5.67. The molecule has 0 spiro atoms. The van der Waals surface area contributed by atoms with Crippen molar-refractivity contribution in [1.29, 1.82) is 5.26 Å². The molecule has 0 saturated carbocycles. The Kier molecular flexibility index (Phi) is 5.66. The number of aromatic nitrogens is 3. The molecule has 4 atom stereocenters. The van der Waals surface area contributed by atoms with Crippen LogP contribution in [0.25, 0.3) is 0 Å². The first-order chi connectivity index (χ1) is 11.8. The number of ether oxygens (including phenoxy) is 4. The summed E-state index contributed by atoms with van der Waals surface area (Å²) >= 11 is 0. The molecule has 134 valence electrons. The largest absolute Gasteiger partial charge is 0.463 e. The maximum atomic E-state index is 11.4. The number of hydrogen-bond acceptors (Lipinski definition) is 10. The van der Waals surface area contributed by atoms with Crippen LogP contribution < -0.4 is 0 Å². The number of nitrogens with zero attached hydrogens (tertiary/aromatic N) is 4. The lowest BCUT2D eigenvalue weighted by atomic mass is 10.1. The van der Waals surface area contributed by atoms with Crippen LogP contribution >= 0.6 is 0 Å². The van der Waals surface area contributed by atoms with E-state index in [1.54, 1.807) is 6.07 Å². The molecule has 11 heteroatoms. The summed E-state index contributed by atoms with van der Waals surface area (Å²) in [5, 5.41) is 12.7. The molecular formula is C14H16N4O7. The Morgan fingerprint density at radius 1 is 1.20 bits per heavy atom. The summed E-state index contributed by atoms with van der Waals surface area (Å²) < 4.78 is 22.2. The smallest absolute Gasteiger partial charge is 0.303 e. The van der Waals surface area contributed by atoms with E-state index in [0.29, 0.717) is 0 Å². The first-order valence-corrected chi connectivity index (χ1v) is 7.26. The van der Waals surface area contributed by atoms with Crippen LogP contribution in [0.15, 0.2) is 6.33 Å². The Hall–Kier alpha value is -3.00. The molecule has 4 unspecified atom stereocenters. The Balaban J connectivity index is 2.32. The lowest BCUT2D eigenvalue weighted by molar-refractivity contribution is -0.166. The molecule has 1 saturated heterocycles. The fraction of sp³-hybridized carbons (Fsp3) is 0.571. The van der Waals surface area contributed by atoms with Gasteiger partial charge in [-0.15, -0.1) is 5.10 Å². The van der Waals surface area contributed by atoms with Gasteiger partial charge in [0.2, 0.25) is 0 Å². The van der Waals surface area contributed by atoms with E-state index < -0.39 is 42.4 Å². The van der Waals surface area contributed by atoms with E-state index >= 15 is 0 Å². The van der Waals surface area contributed by atoms with E-state index in [0.717, 1.165) is 0 Å². The Morgan fingerprint density at radius 3 is 2.36 bits per heavy atom. The maximum Gasteiger partial charge on any atom is 0.303 e. The average Bonchev–Trinajstić information content (AvgIpc) is 3.10. The number of hydrogen-bond donors (Lipinski definition) is 0. The van der Waals surface area contributed by atoms with Gasteiger partial charge in [-0.3, -0.25) is 14.4 Å². The van der Waals surface area contributed by atoms with E-state index in [2.05, 4.69) is 10.1 Å². The quantitative estimate of drug-likeness (QED) is 0.501. The van der Waals surface area contributed by atoms with Gasteiger partial charge >= 0.3 is 17.9 Å². The van der Waals surface area contributed by atoms with Crippen molar-refractivity contribution in [3.8, 4) is 6.07 Å². The third-order valence-corrected chi connectivity index (χ3v) is 3.21. The number of carbonyl (C=O) groups is 3.